The molecule has 0 saturated heterocycles. The van der Waals surface area contributed by atoms with Gasteiger partial charge in [-0.25, -0.2) is 4.90 Å². The van der Waals surface area contributed by atoms with E-state index < -0.39 is 0 Å². The van der Waals surface area contributed by atoms with Crippen LogP contribution in [0.4, 0.5) is 11.4 Å². The molecule has 4 nitrogen and oxygen atoms in total. The van der Waals surface area contributed by atoms with E-state index in [9.17, 15) is 9.59 Å². The van der Waals surface area contributed by atoms with Gasteiger partial charge in [0.05, 0.1) is 5.69 Å². The second-order valence-electron chi connectivity index (χ2n) is 12.6. The van der Waals surface area contributed by atoms with Crippen LogP contribution in [0.1, 0.15) is 71.4 Å². The zero-order valence-electron chi connectivity index (χ0n) is 25.2. The summed E-state index contributed by atoms with van der Waals surface area (Å²) in [6.45, 7) is 8.43. The first kappa shape index (κ1) is 26.4. The SMILES string of the molecule is CC(C)c1cccc(C(C)C)c1N1C(=O)c2ccc3c4cccc5c(-c6cccc(N)c6)ccc(c6ccc(c2c36)C1=O)c54. The minimum atomic E-state index is -0.262. The van der Waals surface area contributed by atoms with Gasteiger partial charge in [0.15, 0.2) is 0 Å². The summed E-state index contributed by atoms with van der Waals surface area (Å²) in [6.07, 6.45) is 0. The van der Waals surface area contributed by atoms with E-state index in [0.717, 1.165) is 71.3 Å². The highest BCUT2D eigenvalue weighted by Gasteiger charge is 2.38. The number of fused-ring (bicyclic) bond motifs is 2. The van der Waals surface area contributed by atoms with E-state index in [2.05, 4.69) is 76.2 Å². The van der Waals surface area contributed by atoms with Gasteiger partial charge < -0.3 is 5.73 Å². The molecule has 7 aromatic carbocycles. The maximum absolute atomic E-state index is 14.5. The summed E-state index contributed by atoms with van der Waals surface area (Å²) < 4.78 is 0. The fourth-order valence-corrected chi connectivity index (χ4v) is 7.42. The van der Waals surface area contributed by atoms with E-state index in [4.69, 9.17) is 5.73 Å². The maximum atomic E-state index is 14.5. The molecule has 0 aromatic heterocycles. The highest BCUT2D eigenvalue weighted by Crippen LogP contribution is 2.47. The molecular formula is C40H32N2O2. The molecule has 1 aliphatic heterocycles. The van der Waals surface area contributed by atoms with Gasteiger partial charge in [-0.15, -0.1) is 0 Å². The number of hydrogen-bond donors (Lipinski definition) is 1. The molecule has 0 saturated carbocycles. The Morgan fingerprint density at radius 2 is 1.02 bits per heavy atom. The molecule has 0 bridgehead atoms. The van der Waals surface area contributed by atoms with Crippen molar-refractivity contribution in [2.45, 2.75) is 39.5 Å². The molecule has 1 aliphatic rings. The first-order valence-corrected chi connectivity index (χ1v) is 15.3. The van der Waals surface area contributed by atoms with Crippen LogP contribution in [0.3, 0.4) is 0 Å². The lowest BCUT2D eigenvalue weighted by molar-refractivity contribution is 0.0893. The van der Waals surface area contributed by atoms with Crippen LogP contribution in [-0.2, 0) is 0 Å². The smallest absolute Gasteiger partial charge is 0.266 e. The van der Waals surface area contributed by atoms with Gasteiger partial charge in [0.25, 0.3) is 11.8 Å². The molecular weight excluding hydrogens is 540 g/mol. The predicted octanol–water partition coefficient (Wildman–Crippen LogP) is 10.0. The summed E-state index contributed by atoms with van der Waals surface area (Å²) in [7, 11) is 0. The van der Waals surface area contributed by atoms with Gasteiger partial charge >= 0.3 is 0 Å². The molecule has 0 atom stereocenters. The minimum Gasteiger partial charge on any atom is -0.399 e. The first-order chi connectivity index (χ1) is 21.3. The van der Waals surface area contributed by atoms with Crippen molar-refractivity contribution in [3.63, 3.8) is 0 Å². The van der Waals surface area contributed by atoms with Gasteiger partial charge in [0.2, 0.25) is 0 Å². The summed E-state index contributed by atoms with van der Waals surface area (Å²) in [4.78, 5) is 30.3. The third-order valence-electron chi connectivity index (χ3n) is 9.41. The van der Waals surface area contributed by atoms with Crippen molar-refractivity contribution in [2.24, 2.45) is 0 Å². The van der Waals surface area contributed by atoms with Crippen molar-refractivity contribution in [3.05, 3.63) is 119 Å². The number of nitrogen functional groups attached to an aromatic ring is 1. The Balaban J connectivity index is 1.42. The summed E-state index contributed by atoms with van der Waals surface area (Å²) >= 11 is 0. The van der Waals surface area contributed by atoms with Gasteiger partial charge in [-0.3, -0.25) is 9.59 Å². The Hall–Kier alpha value is -5.22. The van der Waals surface area contributed by atoms with Gasteiger partial charge in [0, 0.05) is 22.2 Å². The average molecular weight is 573 g/mol. The molecule has 4 heteroatoms. The van der Waals surface area contributed by atoms with Crippen molar-refractivity contribution < 1.29 is 9.59 Å². The van der Waals surface area contributed by atoms with E-state index in [-0.39, 0.29) is 23.7 Å². The number of amides is 2. The Bertz CT molecular complexity index is 2250. The van der Waals surface area contributed by atoms with Gasteiger partial charge in [-0.05, 0) is 96.1 Å². The largest absolute Gasteiger partial charge is 0.399 e. The fourth-order valence-electron chi connectivity index (χ4n) is 7.42. The average Bonchev–Trinajstić information content (AvgIpc) is 3.02. The molecule has 2 N–H and O–H groups in total. The number of carbonyl (C=O) groups is 2. The molecule has 1 heterocycles. The van der Waals surface area contributed by atoms with Crippen LogP contribution in [0.2, 0.25) is 0 Å². The van der Waals surface area contributed by atoms with Gasteiger partial charge in [-0.2, -0.15) is 0 Å². The highest BCUT2D eigenvalue weighted by atomic mass is 16.2. The number of benzene rings is 7. The number of imide groups is 1. The van der Waals surface area contributed by atoms with Crippen molar-refractivity contribution in [2.75, 3.05) is 10.6 Å². The van der Waals surface area contributed by atoms with Crippen LogP contribution in [0.5, 0.6) is 0 Å². The normalized spacial score (nSPS) is 13.5. The molecule has 214 valence electrons. The lowest BCUT2D eigenvalue weighted by Crippen LogP contribution is -2.41. The summed E-state index contributed by atoms with van der Waals surface area (Å²) in [5.41, 5.74) is 13.0. The van der Waals surface area contributed by atoms with E-state index in [1.807, 2.05) is 48.5 Å². The number of carbonyl (C=O) groups excluding carboxylic acids is 2. The molecule has 0 unspecified atom stereocenters. The van der Waals surface area contributed by atoms with Crippen molar-refractivity contribution in [1.82, 2.24) is 0 Å². The zero-order chi connectivity index (χ0) is 30.4. The standard InChI is InChI=1S/C40H32N2O2/c1-21(2)25-10-6-11-26(22(3)4)38(25)42-39(43)33-18-16-31-29-13-7-12-28-27(23-8-5-9-24(41)20-23)14-15-30(35(28)29)32-17-19-34(40(42)44)37(33)36(31)32/h5-22H,41H2,1-4H3. The molecule has 2 amide bonds. The molecule has 8 rings (SSSR count). The Kier molecular flexibility index (Phi) is 5.64. The van der Waals surface area contributed by atoms with Crippen LogP contribution in [0, 0.1) is 0 Å². The number of hydrogen-bond acceptors (Lipinski definition) is 3. The van der Waals surface area contributed by atoms with E-state index >= 15 is 0 Å². The Labute approximate surface area is 256 Å². The van der Waals surface area contributed by atoms with Crippen molar-refractivity contribution in [3.8, 4) is 11.1 Å². The molecule has 0 aliphatic carbocycles. The maximum Gasteiger partial charge on any atom is 0.266 e. The quantitative estimate of drug-likeness (QED) is 0.0988. The Morgan fingerprint density at radius 1 is 0.523 bits per heavy atom. The van der Waals surface area contributed by atoms with Crippen LogP contribution in [-0.4, -0.2) is 11.8 Å². The monoisotopic (exact) mass is 572 g/mol. The molecule has 0 spiro atoms. The van der Waals surface area contributed by atoms with Crippen molar-refractivity contribution >= 4 is 66.3 Å². The zero-order valence-corrected chi connectivity index (χ0v) is 25.2. The minimum absolute atomic E-state index is 0.148. The first-order valence-electron chi connectivity index (χ1n) is 15.3. The lowest BCUT2D eigenvalue weighted by Gasteiger charge is -2.32. The van der Waals surface area contributed by atoms with Gasteiger partial charge in [-0.1, -0.05) is 100 Å². The number of nitrogens with zero attached hydrogens (tertiary/aromatic N) is 1. The molecule has 0 fully saturated rings. The highest BCUT2D eigenvalue weighted by molar-refractivity contribution is 6.42. The van der Waals surface area contributed by atoms with E-state index in [0.29, 0.717) is 11.1 Å². The molecule has 44 heavy (non-hydrogen) atoms. The van der Waals surface area contributed by atoms with Crippen LogP contribution >= 0.6 is 0 Å². The van der Waals surface area contributed by atoms with Gasteiger partial charge in [0.1, 0.15) is 0 Å². The summed E-state index contributed by atoms with van der Waals surface area (Å²) in [6, 6.07) is 32.8. The number of nitrogens with two attached hydrogens (primary N) is 1. The van der Waals surface area contributed by atoms with Crippen molar-refractivity contribution in [1.29, 1.82) is 0 Å². The van der Waals surface area contributed by atoms with Crippen LogP contribution in [0.25, 0.3) is 54.2 Å². The fraction of sp³-hybridized carbons (Fsp3) is 0.150. The third kappa shape index (κ3) is 3.51. The van der Waals surface area contributed by atoms with E-state index in [1.165, 1.54) is 10.3 Å². The topological polar surface area (TPSA) is 63.4 Å². The second-order valence-corrected chi connectivity index (χ2v) is 12.6. The molecule has 7 aromatic rings. The number of para-hydroxylation sites is 1. The van der Waals surface area contributed by atoms with Crippen LogP contribution in [0.15, 0.2) is 97.1 Å². The number of anilines is 2. The lowest BCUT2D eigenvalue weighted by atomic mass is 9.83. The molecule has 0 radical (unpaired) electrons. The predicted molar refractivity (Wildman–Crippen MR) is 183 cm³/mol. The number of rotatable bonds is 4. The third-order valence-corrected chi connectivity index (χ3v) is 9.41. The second kappa shape index (κ2) is 9.39. The summed E-state index contributed by atoms with van der Waals surface area (Å²) in [5.74, 6) is -0.227. The Morgan fingerprint density at radius 3 is 1.61 bits per heavy atom. The summed E-state index contributed by atoms with van der Waals surface area (Å²) in [5, 5.41) is 8.34. The van der Waals surface area contributed by atoms with E-state index in [1.54, 1.807) is 0 Å². The van der Waals surface area contributed by atoms with Crippen LogP contribution < -0.4 is 10.6 Å².